The number of halogens is 1. The molecular formula is C13H18ClN3O. The Kier molecular flexibility index (Phi) is 4.58. The van der Waals surface area contributed by atoms with Gasteiger partial charge in [-0.1, -0.05) is 18.5 Å². The minimum Gasteiger partial charge on any atom is -0.395 e. The van der Waals surface area contributed by atoms with Crippen LogP contribution in [-0.4, -0.2) is 39.1 Å². The molecule has 0 aliphatic carbocycles. The van der Waals surface area contributed by atoms with Gasteiger partial charge in [-0.2, -0.15) is 0 Å². The summed E-state index contributed by atoms with van der Waals surface area (Å²) in [6.45, 7) is 4.72. The maximum Gasteiger partial charge on any atom is 0.137 e. The lowest BCUT2D eigenvalue weighted by atomic mass is 10.3. The lowest BCUT2D eigenvalue weighted by molar-refractivity contribution is 0.189. The molecule has 2 rings (SSSR count). The van der Waals surface area contributed by atoms with E-state index in [1.54, 1.807) is 0 Å². The van der Waals surface area contributed by atoms with Crippen LogP contribution in [0.25, 0.3) is 5.65 Å². The SMILES string of the molecule is CCCN(CCO)Cc1cn2cc(Cl)ccc2n1. The molecule has 0 spiro atoms. The summed E-state index contributed by atoms with van der Waals surface area (Å²) in [5.41, 5.74) is 1.90. The van der Waals surface area contributed by atoms with E-state index in [9.17, 15) is 0 Å². The van der Waals surface area contributed by atoms with Gasteiger partial charge in [0.2, 0.25) is 0 Å². The van der Waals surface area contributed by atoms with Gasteiger partial charge in [-0.15, -0.1) is 0 Å². The Hall–Kier alpha value is -1.10. The average Bonchev–Trinajstić information content (AvgIpc) is 2.71. The van der Waals surface area contributed by atoms with Crippen molar-refractivity contribution in [1.82, 2.24) is 14.3 Å². The molecule has 0 unspecified atom stereocenters. The average molecular weight is 268 g/mol. The van der Waals surface area contributed by atoms with E-state index in [-0.39, 0.29) is 6.61 Å². The fourth-order valence-electron chi connectivity index (χ4n) is 2.05. The standard InChI is InChI=1S/C13H18ClN3O/c1-2-5-16(6-7-18)9-12-10-17-8-11(14)3-4-13(17)15-12/h3-4,8,10,18H,2,5-7,9H2,1H3. The second-order valence-electron chi connectivity index (χ2n) is 4.34. The molecule has 1 N–H and O–H groups in total. The van der Waals surface area contributed by atoms with Crippen LogP contribution in [0.2, 0.25) is 5.02 Å². The Bertz CT molecular complexity index is 506. The number of hydrogen-bond acceptors (Lipinski definition) is 3. The van der Waals surface area contributed by atoms with Crippen LogP contribution in [-0.2, 0) is 6.54 Å². The first-order chi connectivity index (χ1) is 8.72. The van der Waals surface area contributed by atoms with Crippen LogP contribution in [0, 0.1) is 0 Å². The summed E-state index contributed by atoms with van der Waals surface area (Å²) in [5.74, 6) is 0. The molecule has 0 atom stereocenters. The number of fused-ring (bicyclic) bond motifs is 1. The van der Waals surface area contributed by atoms with Crippen LogP contribution in [0.5, 0.6) is 0 Å². The van der Waals surface area contributed by atoms with Crippen LogP contribution in [0.4, 0.5) is 0 Å². The lowest BCUT2D eigenvalue weighted by Gasteiger charge is -2.18. The molecule has 0 aliphatic rings. The Morgan fingerprint density at radius 3 is 2.89 bits per heavy atom. The number of hydrogen-bond donors (Lipinski definition) is 1. The van der Waals surface area contributed by atoms with Gasteiger partial charge in [-0.3, -0.25) is 4.90 Å². The molecule has 0 radical (unpaired) electrons. The maximum atomic E-state index is 9.03. The number of aliphatic hydroxyl groups excluding tert-OH is 1. The summed E-state index contributed by atoms with van der Waals surface area (Å²) in [6, 6.07) is 3.74. The zero-order valence-electron chi connectivity index (χ0n) is 10.5. The molecule has 0 aliphatic heterocycles. The van der Waals surface area contributed by atoms with Gasteiger partial charge in [0.1, 0.15) is 5.65 Å². The lowest BCUT2D eigenvalue weighted by Crippen LogP contribution is -2.27. The molecule has 18 heavy (non-hydrogen) atoms. The first-order valence-electron chi connectivity index (χ1n) is 6.19. The monoisotopic (exact) mass is 267 g/mol. The molecule has 0 amide bonds. The Morgan fingerprint density at radius 1 is 1.33 bits per heavy atom. The van der Waals surface area contributed by atoms with Gasteiger partial charge in [0.25, 0.3) is 0 Å². The molecule has 0 bridgehead atoms. The van der Waals surface area contributed by atoms with E-state index in [1.807, 2.05) is 28.9 Å². The molecule has 2 aromatic rings. The third-order valence-electron chi connectivity index (χ3n) is 2.81. The zero-order valence-corrected chi connectivity index (χ0v) is 11.3. The van der Waals surface area contributed by atoms with Crippen LogP contribution in [0.3, 0.4) is 0 Å². The van der Waals surface area contributed by atoms with E-state index in [0.717, 1.165) is 30.9 Å². The summed E-state index contributed by atoms with van der Waals surface area (Å²) < 4.78 is 1.93. The van der Waals surface area contributed by atoms with Crippen molar-refractivity contribution >= 4 is 17.2 Å². The van der Waals surface area contributed by atoms with Crippen LogP contribution >= 0.6 is 11.6 Å². The van der Waals surface area contributed by atoms with Gasteiger partial charge >= 0.3 is 0 Å². The van der Waals surface area contributed by atoms with Crippen molar-refractivity contribution in [2.45, 2.75) is 19.9 Å². The van der Waals surface area contributed by atoms with Crippen molar-refractivity contribution < 1.29 is 5.11 Å². The van der Waals surface area contributed by atoms with Crippen molar-refractivity contribution in [1.29, 1.82) is 0 Å². The van der Waals surface area contributed by atoms with Crippen molar-refractivity contribution in [2.24, 2.45) is 0 Å². The molecule has 0 saturated carbocycles. The smallest absolute Gasteiger partial charge is 0.137 e. The Balaban J connectivity index is 2.14. The molecule has 0 fully saturated rings. The highest BCUT2D eigenvalue weighted by molar-refractivity contribution is 6.30. The molecule has 2 aromatic heterocycles. The first kappa shape index (κ1) is 13.3. The number of nitrogens with zero attached hydrogens (tertiary/aromatic N) is 3. The summed E-state index contributed by atoms with van der Waals surface area (Å²) in [4.78, 5) is 6.74. The fourth-order valence-corrected chi connectivity index (χ4v) is 2.22. The second-order valence-corrected chi connectivity index (χ2v) is 4.78. The Labute approximate surface area is 112 Å². The zero-order chi connectivity index (χ0) is 13.0. The highest BCUT2D eigenvalue weighted by Crippen LogP contribution is 2.13. The summed E-state index contributed by atoms with van der Waals surface area (Å²) in [7, 11) is 0. The van der Waals surface area contributed by atoms with E-state index in [1.165, 1.54) is 0 Å². The predicted molar refractivity (Wildman–Crippen MR) is 72.9 cm³/mol. The molecule has 5 heteroatoms. The fraction of sp³-hybridized carbons (Fsp3) is 0.462. The van der Waals surface area contributed by atoms with E-state index in [0.29, 0.717) is 11.6 Å². The number of imidazole rings is 1. The predicted octanol–water partition coefficient (Wildman–Crippen LogP) is 2.19. The second kappa shape index (κ2) is 6.18. The molecule has 0 aromatic carbocycles. The third kappa shape index (κ3) is 3.22. The van der Waals surface area contributed by atoms with Crippen LogP contribution < -0.4 is 0 Å². The van der Waals surface area contributed by atoms with Crippen LogP contribution in [0.1, 0.15) is 19.0 Å². The van der Waals surface area contributed by atoms with Gasteiger partial charge in [0.15, 0.2) is 0 Å². The van der Waals surface area contributed by atoms with E-state index in [2.05, 4.69) is 16.8 Å². The highest BCUT2D eigenvalue weighted by atomic mass is 35.5. The van der Waals surface area contributed by atoms with Crippen molar-refractivity contribution in [3.05, 3.63) is 35.2 Å². The third-order valence-corrected chi connectivity index (χ3v) is 3.03. The maximum absolute atomic E-state index is 9.03. The highest BCUT2D eigenvalue weighted by Gasteiger charge is 2.08. The summed E-state index contributed by atoms with van der Waals surface area (Å²) in [5, 5.41) is 9.73. The van der Waals surface area contributed by atoms with Gasteiger partial charge in [-0.05, 0) is 25.1 Å². The largest absolute Gasteiger partial charge is 0.395 e. The first-order valence-corrected chi connectivity index (χ1v) is 6.57. The van der Waals surface area contributed by atoms with Gasteiger partial charge in [-0.25, -0.2) is 4.98 Å². The summed E-state index contributed by atoms with van der Waals surface area (Å²) in [6.07, 6.45) is 4.91. The number of pyridine rings is 1. The van der Waals surface area contributed by atoms with Crippen molar-refractivity contribution in [3.8, 4) is 0 Å². The number of aliphatic hydroxyl groups is 1. The van der Waals surface area contributed by atoms with Crippen LogP contribution in [0.15, 0.2) is 24.5 Å². The van der Waals surface area contributed by atoms with E-state index < -0.39 is 0 Å². The van der Waals surface area contributed by atoms with Gasteiger partial charge < -0.3 is 9.51 Å². The van der Waals surface area contributed by atoms with E-state index in [4.69, 9.17) is 16.7 Å². The van der Waals surface area contributed by atoms with Crippen molar-refractivity contribution in [2.75, 3.05) is 19.7 Å². The molecule has 2 heterocycles. The quantitative estimate of drug-likeness (QED) is 0.872. The number of aromatic nitrogens is 2. The molecular weight excluding hydrogens is 250 g/mol. The number of rotatable bonds is 6. The summed E-state index contributed by atoms with van der Waals surface area (Å²) >= 11 is 5.94. The molecule has 0 saturated heterocycles. The molecule has 4 nitrogen and oxygen atoms in total. The van der Waals surface area contributed by atoms with E-state index >= 15 is 0 Å². The minimum absolute atomic E-state index is 0.180. The van der Waals surface area contributed by atoms with Gasteiger partial charge in [0, 0.05) is 25.5 Å². The molecule has 98 valence electrons. The van der Waals surface area contributed by atoms with Crippen molar-refractivity contribution in [3.63, 3.8) is 0 Å². The Morgan fingerprint density at radius 2 is 2.17 bits per heavy atom. The normalized spacial score (nSPS) is 11.6. The minimum atomic E-state index is 0.180. The topological polar surface area (TPSA) is 40.8 Å². The van der Waals surface area contributed by atoms with Gasteiger partial charge in [0.05, 0.1) is 17.3 Å².